The number of nitrogens with zero attached hydrogens (tertiary/aromatic N) is 5. The van der Waals surface area contributed by atoms with Crippen LogP contribution in [0.3, 0.4) is 0 Å². The fourth-order valence-electron chi connectivity index (χ4n) is 4.78. The summed E-state index contributed by atoms with van der Waals surface area (Å²) in [5, 5.41) is 10.1. The van der Waals surface area contributed by atoms with Gasteiger partial charge in [-0.15, -0.1) is 0 Å². The maximum absolute atomic E-state index is 13.3. The van der Waals surface area contributed by atoms with Crippen molar-refractivity contribution in [3.05, 3.63) is 82.3 Å². The topological polar surface area (TPSA) is 148 Å². The number of nitriles is 1. The van der Waals surface area contributed by atoms with Gasteiger partial charge >= 0.3 is 0 Å². The summed E-state index contributed by atoms with van der Waals surface area (Å²) < 4.78 is 0. The molecule has 0 saturated carbocycles. The van der Waals surface area contributed by atoms with Crippen LogP contribution in [0.15, 0.2) is 65.6 Å². The van der Waals surface area contributed by atoms with Crippen LogP contribution in [-0.4, -0.2) is 56.9 Å². The van der Waals surface area contributed by atoms with Crippen LogP contribution in [0.4, 0.5) is 11.5 Å². The van der Waals surface area contributed by atoms with Gasteiger partial charge in [-0.2, -0.15) is 5.26 Å². The van der Waals surface area contributed by atoms with Gasteiger partial charge in [-0.05, 0) is 42.5 Å². The summed E-state index contributed by atoms with van der Waals surface area (Å²) in [5.74, 6) is 0.546. The van der Waals surface area contributed by atoms with Crippen molar-refractivity contribution < 1.29 is 4.79 Å². The molecule has 1 aliphatic heterocycles. The molecule has 1 amide bonds. The monoisotopic (exact) mass is 490 g/mol. The van der Waals surface area contributed by atoms with Crippen molar-refractivity contribution in [2.75, 3.05) is 36.8 Å². The first-order valence-corrected chi connectivity index (χ1v) is 11.8. The number of rotatable bonds is 3. The SMILES string of the molecule is N#Cc1cccnc1N1CCN(C(=O)c2ccc3c(N)c(-c4nc5ccccc5[nH]c4=O)[nH]c3c2)CC1. The van der Waals surface area contributed by atoms with Crippen LogP contribution in [-0.2, 0) is 0 Å². The zero-order chi connectivity index (χ0) is 25.5. The van der Waals surface area contributed by atoms with Crippen LogP contribution in [0.5, 0.6) is 0 Å². The third-order valence-corrected chi connectivity index (χ3v) is 6.70. The van der Waals surface area contributed by atoms with E-state index >= 15 is 0 Å². The summed E-state index contributed by atoms with van der Waals surface area (Å²) >= 11 is 0. The summed E-state index contributed by atoms with van der Waals surface area (Å²) in [6.45, 7) is 2.17. The summed E-state index contributed by atoms with van der Waals surface area (Å²) in [5.41, 5.74) is 10.0. The van der Waals surface area contributed by atoms with E-state index in [2.05, 4.69) is 26.0 Å². The quantitative estimate of drug-likeness (QED) is 0.352. The molecule has 6 rings (SSSR count). The molecule has 1 saturated heterocycles. The highest BCUT2D eigenvalue weighted by Crippen LogP contribution is 2.31. The Kier molecular flexibility index (Phi) is 5.31. The maximum atomic E-state index is 13.3. The average molecular weight is 491 g/mol. The molecule has 182 valence electrons. The second-order valence-corrected chi connectivity index (χ2v) is 8.87. The Labute approximate surface area is 211 Å². The maximum Gasteiger partial charge on any atom is 0.276 e. The molecule has 4 N–H and O–H groups in total. The van der Waals surface area contributed by atoms with Gasteiger partial charge in [0.25, 0.3) is 11.5 Å². The van der Waals surface area contributed by atoms with E-state index in [1.165, 1.54) is 0 Å². The predicted molar refractivity (Wildman–Crippen MR) is 141 cm³/mol. The van der Waals surface area contributed by atoms with Gasteiger partial charge < -0.3 is 25.5 Å². The van der Waals surface area contributed by atoms with Crippen molar-refractivity contribution in [1.82, 2.24) is 24.8 Å². The summed E-state index contributed by atoms with van der Waals surface area (Å²) in [6, 6.07) is 18.2. The average Bonchev–Trinajstić information content (AvgIpc) is 3.27. The number of aromatic nitrogens is 4. The number of hydrogen-bond acceptors (Lipinski definition) is 7. The molecule has 4 heterocycles. The Morgan fingerprint density at radius 1 is 1.00 bits per heavy atom. The summed E-state index contributed by atoms with van der Waals surface area (Å²) in [7, 11) is 0. The number of carbonyl (C=O) groups excluding carboxylic acids is 1. The molecule has 0 aliphatic carbocycles. The minimum absolute atomic E-state index is 0.0977. The Morgan fingerprint density at radius 3 is 2.62 bits per heavy atom. The number of amides is 1. The van der Waals surface area contributed by atoms with E-state index in [0.29, 0.717) is 76.4 Å². The van der Waals surface area contributed by atoms with E-state index in [0.717, 1.165) is 0 Å². The fraction of sp³-hybridized carbons (Fsp3) is 0.148. The molecule has 5 aromatic rings. The number of aromatic amines is 2. The van der Waals surface area contributed by atoms with E-state index in [-0.39, 0.29) is 17.2 Å². The van der Waals surface area contributed by atoms with Crippen molar-refractivity contribution in [2.24, 2.45) is 0 Å². The van der Waals surface area contributed by atoms with Crippen LogP contribution in [0.1, 0.15) is 15.9 Å². The van der Waals surface area contributed by atoms with E-state index in [4.69, 9.17) is 5.73 Å². The van der Waals surface area contributed by atoms with E-state index < -0.39 is 0 Å². The number of para-hydroxylation sites is 2. The van der Waals surface area contributed by atoms with Crippen molar-refractivity contribution in [1.29, 1.82) is 5.26 Å². The van der Waals surface area contributed by atoms with E-state index in [1.54, 1.807) is 47.5 Å². The number of nitrogens with two attached hydrogens (primary N) is 1. The van der Waals surface area contributed by atoms with Crippen LogP contribution in [0.25, 0.3) is 33.3 Å². The number of nitrogens with one attached hydrogen (secondary N) is 2. The number of piperazine rings is 1. The molecule has 2 aromatic carbocycles. The number of fused-ring (bicyclic) bond motifs is 2. The molecule has 37 heavy (non-hydrogen) atoms. The van der Waals surface area contributed by atoms with Gasteiger partial charge in [-0.3, -0.25) is 9.59 Å². The number of anilines is 2. The zero-order valence-corrected chi connectivity index (χ0v) is 19.7. The highest BCUT2D eigenvalue weighted by Gasteiger charge is 2.25. The Bertz CT molecular complexity index is 1770. The summed E-state index contributed by atoms with van der Waals surface area (Å²) in [4.78, 5) is 44.8. The van der Waals surface area contributed by atoms with Crippen molar-refractivity contribution in [2.45, 2.75) is 0 Å². The largest absolute Gasteiger partial charge is 0.396 e. The van der Waals surface area contributed by atoms with Crippen LogP contribution in [0.2, 0.25) is 0 Å². The third-order valence-electron chi connectivity index (χ3n) is 6.70. The molecular weight excluding hydrogens is 468 g/mol. The number of benzene rings is 2. The number of H-pyrrole nitrogens is 2. The van der Waals surface area contributed by atoms with Gasteiger partial charge in [0, 0.05) is 48.8 Å². The molecule has 1 fully saturated rings. The van der Waals surface area contributed by atoms with Crippen molar-refractivity contribution in [3.8, 4) is 17.5 Å². The van der Waals surface area contributed by atoms with Gasteiger partial charge in [0.05, 0.1) is 28.0 Å². The lowest BCUT2D eigenvalue weighted by atomic mass is 10.1. The first kappa shape index (κ1) is 22.3. The van der Waals surface area contributed by atoms with Gasteiger partial charge in [0.2, 0.25) is 0 Å². The zero-order valence-electron chi connectivity index (χ0n) is 19.7. The molecule has 10 nitrogen and oxygen atoms in total. The fourth-order valence-corrected chi connectivity index (χ4v) is 4.78. The number of carbonyl (C=O) groups is 1. The molecule has 0 radical (unpaired) electrons. The van der Waals surface area contributed by atoms with Crippen LogP contribution < -0.4 is 16.2 Å². The first-order chi connectivity index (χ1) is 18.0. The first-order valence-electron chi connectivity index (χ1n) is 11.8. The number of nitrogen functional groups attached to an aromatic ring is 1. The summed E-state index contributed by atoms with van der Waals surface area (Å²) in [6.07, 6.45) is 1.67. The lowest BCUT2D eigenvalue weighted by Crippen LogP contribution is -2.49. The molecule has 10 heteroatoms. The Balaban J connectivity index is 1.26. The van der Waals surface area contributed by atoms with Gasteiger partial charge in [-0.1, -0.05) is 12.1 Å². The minimum Gasteiger partial charge on any atom is -0.396 e. The van der Waals surface area contributed by atoms with Gasteiger partial charge in [0.1, 0.15) is 11.9 Å². The second kappa shape index (κ2) is 8.80. The predicted octanol–water partition coefficient (Wildman–Crippen LogP) is 2.88. The Hall–Kier alpha value is -5.17. The number of pyridine rings is 1. The second-order valence-electron chi connectivity index (χ2n) is 8.87. The molecule has 0 spiro atoms. The molecular formula is C27H22N8O2. The third kappa shape index (κ3) is 3.83. The minimum atomic E-state index is -0.349. The lowest BCUT2D eigenvalue weighted by molar-refractivity contribution is 0.0746. The van der Waals surface area contributed by atoms with Crippen molar-refractivity contribution in [3.63, 3.8) is 0 Å². The lowest BCUT2D eigenvalue weighted by Gasteiger charge is -2.35. The smallest absolute Gasteiger partial charge is 0.276 e. The highest BCUT2D eigenvalue weighted by atomic mass is 16.2. The standard InChI is InChI=1S/C27H22N8O2/c28-15-17-4-3-9-30-25(17)34-10-12-35(13-11-34)27(37)16-7-8-18-21(14-16)32-23(22(18)29)24-26(36)33-20-6-2-1-5-19(20)31-24/h1-9,14,32H,10-13,29H2,(H,33,36). The highest BCUT2D eigenvalue weighted by molar-refractivity contribution is 6.04. The number of hydrogen-bond donors (Lipinski definition) is 3. The van der Waals surface area contributed by atoms with Crippen LogP contribution >= 0.6 is 0 Å². The molecule has 0 bridgehead atoms. The van der Waals surface area contributed by atoms with Crippen molar-refractivity contribution >= 4 is 39.3 Å². The molecule has 1 aliphatic rings. The van der Waals surface area contributed by atoms with Gasteiger partial charge in [0.15, 0.2) is 5.69 Å². The molecule has 3 aromatic heterocycles. The Morgan fingerprint density at radius 2 is 1.81 bits per heavy atom. The van der Waals surface area contributed by atoms with E-state index in [9.17, 15) is 14.9 Å². The van der Waals surface area contributed by atoms with Crippen LogP contribution in [0, 0.1) is 11.3 Å². The molecule has 0 unspecified atom stereocenters. The van der Waals surface area contributed by atoms with Gasteiger partial charge in [-0.25, -0.2) is 9.97 Å². The normalized spacial score (nSPS) is 13.7. The van der Waals surface area contributed by atoms with E-state index in [1.807, 2.05) is 23.1 Å². The molecule has 0 atom stereocenters.